The fourth-order valence-corrected chi connectivity index (χ4v) is 4.89. The Morgan fingerprint density at radius 2 is 1.66 bits per heavy atom. The first-order valence-electron chi connectivity index (χ1n) is 10.2. The number of aryl methyl sites for hydroxylation is 1. The van der Waals surface area contributed by atoms with Gasteiger partial charge < -0.3 is 14.9 Å². The van der Waals surface area contributed by atoms with Crippen LogP contribution in [0.4, 0.5) is 0 Å². The summed E-state index contributed by atoms with van der Waals surface area (Å²) in [5, 5.41) is 20.2. The van der Waals surface area contributed by atoms with Crippen LogP contribution in [0.1, 0.15) is 50.3 Å². The standard InChI is InChI=1S/C25H30O3S/c1-5-18-14-20(25(27,6-2)7-3)12-13-21(18)23-15-22(28-4)24(29-23)19-10-8-17(16-26)9-11-19/h8-15,26-27H,5-7,16H2,1-4H3. The van der Waals surface area contributed by atoms with Crippen molar-refractivity contribution in [2.24, 2.45) is 0 Å². The number of methoxy groups -OCH3 is 1. The lowest BCUT2D eigenvalue weighted by Gasteiger charge is -2.27. The van der Waals surface area contributed by atoms with Gasteiger partial charge in [-0.2, -0.15) is 0 Å². The summed E-state index contributed by atoms with van der Waals surface area (Å²) in [6.45, 7) is 6.25. The summed E-state index contributed by atoms with van der Waals surface area (Å²) >= 11 is 1.71. The van der Waals surface area contributed by atoms with Crippen LogP contribution in [-0.4, -0.2) is 17.3 Å². The van der Waals surface area contributed by atoms with Crippen molar-refractivity contribution in [3.8, 4) is 26.6 Å². The monoisotopic (exact) mass is 410 g/mol. The second-order valence-corrected chi connectivity index (χ2v) is 8.38. The van der Waals surface area contributed by atoms with Gasteiger partial charge in [-0.1, -0.05) is 63.2 Å². The van der Waals surface area contributed by atoms with Gasteiger partial charge in [-0.25, -0.2) is 0 Å². The van der Waals surface area contributed by atoms with Crippen molar-refractivity contribution in [3.63, 3.8) is 0 Å². The molecule has 0 aliphatic heterocycles. The largest absolute Gasteiger partial charge is 0.495 e. The number of aliphatic hydroxyl groups is 2. The lowest BCUT2D eigenvalue weighted by atomic mass is 9.86. The molecule has 0 radical (unpaired) electrons. The van der Waals surface area contributed by atoms with E-state index in [1.165, 1.54) is 11.1 Å². The quantitative estimate of drug-likeness (QED) is 0.468. The highest BCUT2D eigenvalue weighted by molar-refractivity contribution is 7.19. The highest BCUT2D eigenvalue weighted by Gasteiger charge is 2.26. The number of hydrogen-bond acceptors (Lipinski definition) is 4. The minimum absolute atomic E-state index is 0.0428. The van der Waals surface area contributed by atoms with E-state index >= 15 is 0 Å². The first-order chi connectivity index (χ1) is 14.0. The zero-order valence-corrected chi connectivity index (χ0v) is 18.5. The van der Waals surface area contributed by atoms with Gasteiger partial charge in [0.05, 0.1) is 24.2 Å². The number of rotatable bonds is 8. The molecule has 0 atom stereocenters. The summed E-state index contributed by atoms with van der Waals surface area (Å²) in [6, 6.07) is 16.4. The van der Waals surface area contributed by atoms with Crippen LogP contribution in [0.5, 0.6) is 5.75 Å². The molecule has 29 heavy (non-hydrogen) atoms. The Morgan fingerprint density at radius 1 is 0.966 bits per heavy atom. The number of ether oxygens (including phenoxy) is 1. The third-order valence-electron chi connectivity index (χ3n) is 5.78. The molecular formula is C25H30O3S. The van der Waals surface area contributed by atoms with Gasteiger partial charge in [0.1, 0.15) is 5.75 Å². The van der Waals surface area contributed by atoms with Gasteiger partial charge in [0.2, 0.25) is 0 Å². The molecular weight excluding hydrogens is 380 g/mol. The predicted molar refractivity (Wildman–Crippen MR) is 122 cm³/mol. The number of thiophene rings is 1. The molecule has 0 aliphatic carbocycles. The molecule has 0 aliphatic rings. The fraction of sp³-hybridized carbons (Fsp3) is 0.360. The van der Waals surface area contributed by atoms with E-state index in [0.717, 1.165) is 38.6 Å². The molecule has 3 nitrogen and oxygen atoms in total. The van der Waals surface area contributed by atoms with Crippen LogP contribution >= 0.6 is 11.3 Å². The normalized spacial score (nSPS) is 11.7. The van der Waals surface area contributed by atoms with Crippen molar-refractivity contribution < 1.29 is 14.9 Å². The lowest BCUT2D eigenvalue weighted by molar-refractivity contribution is 0.0283. The van der Waals surface area contributed by atoms with Crippen molar-refractivity contribution in [2.45, 2.75) is 52.2 Å². The second-order valence-electron chi connectivity index (χ2n) is 7.33. The minimum Gasteiger partial charge on any atom is -0.495 e. The molecule has 0 spiro atoms. The molecule has 154 valence electrons. The highest BCUT2D eigenvalue weighted by atomic mass is 32.1. The summed E-state index contributed by atoms with van der Waals surface area (Å²) in [6.07, 6.45) is 2.30. The van der Waals surface area contributed by atoms with E-state index in [1.54, 1.807) is 18.4 Å². The topological polar surface area (TPSA) is 49.7 Å². The zero-order chi connectivity index (χ0) is 21.0. The van der Waals surface area contributed by atoms with Crippen LogP contribution in [0.3, 0.4) is 0 Å². The lowest BCUT2D eigenvalue weighted by Crippen LogP contribution is -2.23. The van der Waals surface area contributed by atoms with E-state index in [9.17, 15) is 10.2 Å². The van der Waals surface area contributed by atoms with Gasteiger partial charge in [0.25, 0.3) is 0 Å². The highest BCUT2D eigenvalue weighted by Crippen LogP contribution is 2.44. The molecule has 0 fully saturated rings. The Bertz CT molecular complexity index is 953. The first-order valence-corrected chi connectivity index (χ1v) is 11.0. The van der Waals surface area contributed by atoms with Crippen molar-refractivity contribution in [2.75, 3.05) is 7.11 Å². The van der Waals surface area contributed by atoms with E-state index in [1.807, 2.05) is 38.1 Å². The Balaban J connectivity index is 2.05. The van der Waals surface area contributed by atoms with Crippen molar-refractivity contribution >= 4 is 11.3 Å². The van der Waals surface area contributed by atoms with Crippen LogP contribution < -0.4 is 4.74 Å². The van der Waals surface area contributed by atoms with Crippen LogP contribution in [0, 0.1) is 0 Å². The Labute approximate surface area is 177 Å². The van der Waals surface area contributed by atoms with Gasteiger partial charge in [-0.05, 0) is 53.1 Å². The molecule has 4 heteroatoms. The number of benzene rings is 2. The fourth-order valence-electron chi connectivity index (χ4n) is 3.70. The molecule has 1 aromatic heterocycles. The predicted octanol–water partition coefficient (Wildman–Crippen LogP) is 6.15. The molecule has 3 rings (SSSR count). The third kappa shape index (κ3) is 4.25. The van der Waals surface area contributed by atoms with Crippen molar-refractivity contribution in [3.05, 3.63) is 65.2 Å². The molecule has 0 saturated heterocycles. The van der Waals surface area contributed by atoms with Gasteiger partial charge in [-0.3, -0.25) is 0 Å². The van der Waals surface area contributed by atoms with Gasteiger partial charge >= 0.3 is 0 Å². The summed E-state index contributed by atoms with van der Waals surface area (Å²) in [5.41, 5.74) is 4.62. The van der Waals surface area contributed by atoms with E-state index in [2.05, 4.69) is 31.2 Å². The SMILES string of the molecule is CCc1cc(C(O)(CC)CC)ccc1-c1cc(OC)c(-c2ccc(CO)cc2)s1. The van der Waals surface area contributed by atoms with Gasteiger partial charge in [-0.15, -0.1) is 11.3 Å². The Kier molecular flexibility index (Phi) is 6.78. The molecule has 2 aromatic carbocycles. The summed E-state index contributed by atoms with van der Waals surface area (Å²) < 4.78 is 5.67. The molecule has 2 N–H and O–H groups in total. The third-order valence-corrected chi connectivity index (χ3v) is 6.97. The molecule has 3 aromatic rings. The molecule has 1 heterocycles. The Morgan fingerprint density at radius 3 is 2.21 bits per heavy atom. The maximum atomic E-state index is 10.9. The summed E-state index contributed by atoms with van der Waals surface area (Å²) in [4.78, 5) is 2.24. The summed E-state index contributed by atoms with van der Waals surface area (Å²) in [5.74, 6) is 0.853. The molecule has 0 bridgehead atoms. The van der Waals surface area contributed by atoms with Crippen molar-refractivity contribution in [1.29, 1.82) is 0 Å². The Hall–Kier alpha value is -2.14. The van der Waals surface area contributed by atoms with Crippen LogP contribution in [0.15, 0.2) is 48.5 Å². The molecule has 0 saturated carbocycles. The number of aliphatic hydroxyl groups excluding tert-OH is 1. The van der Waals surface area contributed by atoms with Gasteiger partial charge in [0.15, 0.2) is 0 Å². The number of hydrogen-bond donors (Lipinski definition) is 2. The molecule has 0 amide bonds. The average molecular weight is 411 g/mol. The van der Waals surface area contributed by atoms with E-state index < -0.39 is 5.60 Å². The van der Waals surface area contributed by atoms with E-state index in [0.29, 0.717) is 12.8 Å². The second kappa shape index (κ2) is 9.12. The van der Waals surface area contributed by atoms with Crippen LogP contribution in [0.25, 0.3) is 20.9 Å². The zero-order valence-electron chi connectivity index (χ0n) is 17.7. The van der Waals surface area contributed by atoms with E-state index in [4.69, 9.17) is 4.74 Å². The van der Waals surface area contributed by atoms with Crippen LogP contribution in [-0.2, 0) is 18.6 Å². The van der Waals surface area contributed by atoms with E-state index in [-0.39, 0.29) is 6.61 Å². The maximum absolute atomic E-state index is 10.9. The first kappa shape index (κ1) is 21.6. The van der Waals surface area contributed by atoms with Crippen LogP contribution in [0.2, 0.25) is 0 Å². The maximum Gasteiger partial charge on any atom is 0.138 e. The average Bonchev–Trinajstić information content (AvgIpc) is 3.22. The van der Waals surface area contributed by atoms with Crippen molar-refractivity contribution in [1.82, 2.24) is 0 Å². The minimum atomic E-state index is -0.769. The summed E-state index contributed by atoms with van der Waals surface area (Å²) in [7, 11) is 1.70. The molecule has 0 unspecified atom stereocenters. The smallest absolute Gasteiger partial charge is 0.138 e. The van der Waals surface area contributed by atoms with Gasteiger partial charge in [0, 0.05) is 4.88 Å².